The molecule has 0 radical (unpaired) electrons. The van der Waals surface area contributed by atoms with E-state index in [0.29, 0.717) is 6.07 Å². The molecule has 1 amide bonds. The molecule has 1 aromatic carbocycles. The molecule has 1 saturated carbocycles. The molecule has 1 aliphatic carbocycles. The lowest BCUT2D eigenvalue weighted by molar-refractivity contribution is -0.142. The van der Waals surface area contributed by atoms with E-state index >= 15 is 0 Å². The van der Waals surface area contributed by atoms with Gasteiger partial charge in [-0.15, -0.1) is 0 Å². The third-order valence-electron chi connectivity index (χ3n) is 5.26. The van der Waals surface area contributed by atoms with Gasteiger partial charge in [0.2, 0.25) is 15.9 Å². The van der Waals surface area contributed by atoms with Gasteiger partial charge in [0.1, 0.15) is 16.5 Å². The highest BCUT2D eigenvalue weighted by molar-refractivity contribution is 7.89. The van der Waals surface area contributed by atoms with Gasteiger partial charge in [-0.1, -0.05) is 19.8 Å². The molecular weight excluding hydrogens is 350 g/mol. The van der Waals surface area contributed by atoms with Gasteiger partial charge in [0, 0.05) is 37.7 Å². The zero-order valence-corrected chi connectivity index (χ0v) is 15.0. The minimum atomic E-state index is -4.04. The van der Waals surface area contributed by atoms with E-state index in [0.717, 1.165) is 42.1 Å². The molecule has 0 unspecified atom stereocenters. The zero-order valence-electron chi connectivity index (χ0n) is 14.2. The largest absolute Gasteiger partial charge is 0.340 e. The van der Waals surface area contributed by atoms with Crippen LogP contribution in [0.5, 0.6) is 0 Å². The molecule has 138 valence electrons. The second kappa shape index (κ2) is 6.64. The van der Waals surface area contributed by atoms with Crippen molar-refractivity contribution >= 4 is 15.9 Å². The fraction of sp³-hybridized carbons (Fsp3) is 0.588. The molecule has 2 aliphatic rings. The van der Waals surface area contributed by atoms with Gasteiger partial charge in [0.05, 0.1) is 0 Å². The lowest BCUT2D eigenvalue weighted by Gasteiger charge is -2.38. The Balaban J connectivity index is 1.70. The maximum Gasteiger partial charge on any atom is 0.246 e. The van der Waals surface area contributed by atoms with Crippen LogP contribution in [0.1, 0.15) is 32.6 Å². The normalized spacial score (nSPS) is 21.5. The molecule has 1 aliphatic heterocycles. The number of nitrogens with zero attached hydrogens (tertiary/aromatic N) is 2. The van der Waals surface area contributed by atoms with Crippen molar-refractivity contribution in [2.45, 2.75) is 37.5 Å². The van der Waals surface area contributed by atoms with Gasteiger partial charge in [-0.05, 0) is 25.0 Å². The number of benzene rings is 1. The van der Waals surface area contributed by atoms with Crippen LogP contribution in [-0.2, 0) is 14.8 Å². The first kappa shape index (κ1) is 18.3. The van der Waals surface area contributed by atoms with E-state index in [4.69, 9.17) is 0 Å². The van der Waals surface area contributed by atoms with E-state index in [1.165, 1.54) is 0 Å². The molecule has 0 N–H and O–H groups in total. The Hall–Kier alpha value is -1.54. The average molecular weight is 372 g/mol. The van der Waals surface area contributed by atoms with Crippen LogP contribution < -0.4 is 0 Å². The van der Waals surface area contributed by atoms with E-state index < -0.39 is 26.6 Å². The first-order valence-electron chi connectivity index (χ1n) is 8.49. The number of carbonyl (C=O) groups excluding carboxylic acids is 1. The van der Waals surface area contributed by atoms with Crippen molar-refractivity contribution in [1.29, 1.82) is 0 Å². The van der Waals surface area contributed by atoms with Crippen LogP contribution in [0.2, 0.25) is 0 Å². The molecule has 1 heterocycles. The summed E-state index contributed by atoms with van der Waals surface area (Å²) in [7, 11) is -4.04. The maximum atomic E-state index is 13.9. The number of piperazine rings is 1. The smallest absolute Gasteiger partial charge is 0.246 e. The van der Waals surface area contributed by atoms with Crippen molar-refractivity contribution in [3.05, 3.63) is 29.8 Å². The lowest BCUT2D eigenvalue weighted by atomic mass is 9.87. The molecule has 0 atom stereocenters. The van der Waals surface area contributed by atoms with E-state index in [-0.39, 0.29) is 37.5 Å². The molecule has 0 spiro atoms. The second-order valence-corrected chi connectivity index (χ2v) is 8.95. The quantitative estimate of drug-likeness (QED) is 0.819. The number of amides is 1. The summed E-state index contributed by atoms with van der Waals surface area (Å²) >= 11 is 0. The van der Waals surface area contributed by atoms with E-state index in [2.05, 4.69) is 0 Å². The highest BCUT2D eigenvalue weighted by Gasteiger charge is 2.41. The number of hydrogen-bond donors (Lipinski definition) is 0. The van der Waals surface area contributed by atoms with Crippen molar-refractivity contribution < 1.29 is 22.0 Å². The van der Waals surface area contributed by atoms with Crippen LogP contribution >= 0.6 is 0 Å². The second-order valence-electron chi connectivity index (χ2n) is 7.04. The van der Waals surface area contributed by atoms with Crippen LogP contribution in [0.3, 0.4) is 0 Å². The predicted octanol–water partition coefficient (Wildman–Crippen LogP) is 2.38. The summed E-state index contributed by atoms with van der Waals surface area (Å²) in [6.45, 7) is 2.77. The van der Waals surface area contributed by atoms with Gasteiger partial charge in [-0.3, -0.25) is 4.79 Å². The Morgan fingerprint density at radius 3 is 2.24 bits per heavy atom. The summed E-state index contributed by atoms with van der Waals surface area (Å²) < 4.78 is 53.2. The van der Waals surface area contributed by atoms with E-state index in [1.54, 1.807) is 4.90 Å². The SMILES string of the molecule is CC1(C(=O)N2CCN(S(=O)(=O)c3ccc(F)cc3F)CC2)CCCC1. The summed E-state index contributed by atoms with van der Waals surface area (Å²) in [4.78, 5) is 13.9. The van der Waals surface area contributed by atoms with Gasteiger partial charge in [0.15, 0.2) is 0 Å². The van der Waals surface area contributed by atoms with Crippen molar-refractivity contribution in [3.63, 3.8) is 0 Å². The molecule has 5 nitrogen and oxygen atoms in total. The number of hydrogen-bond acceptors (Lipinski definition) is 3. The first-order valence-corrected chi connectivity index (χ1v) is 9.93. The minimum Gasteiger partial charge on any atom is -0.340 e. The standard InChI is InChI=1S/C17H22F2N2O3S/c1-17(6-2-3-7-17)16(22)20-8-10-21(11-9-20)25(23,24)15-5-4-13(18)12-14(15)19/h4-5,12H,2-3,6-11H2,1H3. The Labute approximate surface area is 146 Å². The molecule has 3 rings (SSSR count). The van der Waals surface area contributed by atoms with Crippen molar-refractivity contribution in [3.8, 4) is 0 Å². The third kappa shape index (κ3) is 3.42. The number of halogens is 2. The number of sulfonamides is 1. The molecule has 25 heavy (non-hydrogen) atoms. The van der Waals surface area contributed by atoms with E-state index in [1.807, 2.05) is 6.92 Å². The minimum absolute atomic E-state index is 0.0787. The van der Waals surface area contributed by atoms with Crippen LogP contribution in [0, 0.1) is 17.0 Å². The molecule has 0 bridgehead atoms. The highest BCUT2D eigenvalue weighted by atomic mass is 32.2. The van der Waals surface area contributed by atoms with Gasteiger partial charge in [-0.2, -0.15) is 4.31 Å². The lowest BCUT2D eigenvalue weighted by Crippen LogP contribution is -2.53. The summed E-state index contributed by atoms with van der Waals surface area (Å²) in [5, 5.41) is 0. The molecule has 2 fully saturated rings. The molecule has 1 aromatic rings. The number of carbonyl (C=O) groups is 1. The van der Waals surface area contributed by atoms with Crippen LogP contribution in [0.15, 0.2) is 23.1 Å². The molecule has 0 aromatic heterocycles. The van der Waals surface area contributed by atoms with Gasteiger partial charge >= 0.3 is 0 Å². The summed E-state index contributed by atoms with van der Waals surface area (Å²) in [6.07, 6.45) is 3.82. The molecule has 8 heteroatoms. The van der Waals surface area contributed by atoms with Gasteiger partial charge < -0.3 is 4.90 Å². The topological polar surface area (TPSA) is 57.7 Å². The van der Waals surface area contributed by atoms with Gasteiger partial charge in [-0.25, -0.2) is 17.2 Å². The summed E-state index contributed by atoms with van der Waals surface area (Å²) in [5.74, 6) is -1.84. The maximum absolute atomic E-state index is 13.9. The molecule has 1 saturated heterocycles. The van der Waals surface area contributed by atoms with Crippen LogP contribution in [0.25, 0.3) is 0 Å². The zero-order chi connectivity index (χ0) is 18.2. The highest BCUT2D eigenvalue weighted by Crippen LogP contribution is 2.39. The summed E-state index contributed by atoms with van der Waals surface area (Å²) in [5.41, 5.74) is -0.343. The monoisotopic (exact) mass is 372 g/mol. The molecular formula is C17H22F2N2O3S. The van der Waals surface area contributed by atoms with Crippen molar-refractivity contribution in [2.24, 2.45) is 5.41 Å². The van der Waals surface area contributed by atoms with Crippen molar-refractivity contribution in [2.75, 3.05) is 26.2 Å². The fourth-order valence-corrected chi connectivity index (χ4v) is 5.17. The number of rotatable bonds is 3. The summed E-state index contributed by atoms with van der Waals surface area (Å²) in [6, 6.07) is 2.43. The van der Waals surface area contributed by atoms with Crippen LogP contribution in [0.4, 0.5) is 8.78 Å². The predicted molar refractivity (Wildman–Crippen MR) is 88.3 cm³/mol. The van der Waals surface area contributed by atoms with Gasteiger partial charge in [0.25, 0.3) is 0 Å². The Morgan fingerprint density at radius 2 is 1.68 bits per heavy atom. The first-order chi connectivity index (χ1) is 11.7. The van der Waals surface area contributed by atoms with Crippen LogP contribution in [-0.4, -0.2) is 49.7 Å². The Morgan fingerprint density at radius 1 is 1.08 bits per heavy atom. The third-order valence-corrected chi connectivity index (χ3v) is 7.19. The fourth-order valence-electron chi connectivity index (χ4n) is 3.71. The average Bonchev–Trinajstić information content (AvgIpc) is 3.02. The van der Waals surface area contributed by atoms with E-state index in [9.17, 15) is 22.0 Å². The Kier molecular flexibility index (Phi) is 4.85. The van der Waals surface area contributed by atoms with Crippen molar-refractivity contribution in [1.82, 2.24) is 9.21 Å². The Bertz CT molecular complexity index is 768.